The average molecular weight is 313 g/mol. The molecule has 1 aliphatic rings. The van der Waals surface area contributed by atoms with Crippen LogP contribution in [-0.2, 0) is 4.79 Å². The zero-order chi connectivity index (χ0) is 16.7. The second kappa shape index (κ2) is 8.98. The Labute approximate surface area is 133 Å². The van der Waals surface area contributed by atoms with Crippen molar-refractivity contribution < 1.29 is 14.7 Å². The first-order chi connectivity index (χ1) is 10.3. The fourth-order valence-corrected chi connectivity index (χ4v) is 2.96. The van der Waals surface area contributed by atoms with Crippen LogP contribution in [0, 0.1) is 5.92 Å². The highest BCUT2D eigenvalue weighted by Gasteiger charge is 2.34. The van der Waals surface area contributed by atoms with Crippen LogP contribution < -0.4 is 10.6 Å². The molecule has 0 spiro atoms. The molecule has 128 valence electrons. The molecule has 0 bridgehead atoms. The molecule has 2 unspecified atom stereocenters. The van der Waals surface area contributed by atoms with Crippen LogP contribution in [0.2, 0.25) is 0 Å². The van der Waals surface area contributed by atoms with E-state index in [4.69, 9.17) is 5.11 Å². The number of carboxylic acids is 1. The van der Waals surface area contributed by atoms with E-state index in [1.54, 1.807) is 0 Å². The van der Waals surface area contributed by atoms with Gasteiger partial charge < -0.3 is 15.7 Å². The van der Waals surface area contributed by atoms with Crippen molar-refractivity contribution in [3.05, 3.63) is 0 Å². The summed E-state index contributed by atoms with van der Waals surface area (Å²) in [5.41, 5.74) is 0. The van der Waals surface area contributed by atoms with E-state index < -0.39 is 5.97 Å². The highest BCUT2D eigenvalue weighted by molar-refractivity contribution is 5.74. The topological polar surface area (TPSA) is 81.7 Å². The van der Waals surface area contributed by atoms with Gasteiger partial charge in [-0.15, -0.1) is 0 Å². The van der Waals surface area contributed by atoms with Gasteiger partial charge in [-0.1, -0.05) is 27.2 Å². The molecular weight excluding hydrogens is 282 g/mol. The lowest BCUT2D eigenvalue weighted by Crippen LogP contribution is -2.57. The van der Waals surface area contributed by atoms with Gasteiger partial charge in [0.25, 0.3) is 0 Å². The summed E-state index contributed by atoms with van der Waals surface area (Å²) < 4.78 is 0. The van der Waals surface area contributed by atoms with Crippen molar-refractivity contribution in [1.29, 1.82) is 0 Å². The number of carbonyl (C=O) groups is 2. The van der Waals surface area contributed by atoms with Crippen molar-refractivity contribution >= 4 is 12.0 Å². The van der Waals surface area contributed by atoms with Crippen LogP contribution in [0.25, 0.3) is 0 Å². The number of urea groups is 1. The van der Waals surface area contributed by atoms with Crippen LogP contribution in [0.15, 0.2) is 0 Å². The van der Waals surface area contributed by atoms with Gasteiger partial charge in [0.15, 0.2) is 0 Å². The lowest BCUT2D eigenvalue weighted by atomic mass is 9.85. The number of nitrogens with zero attached hydrogens (tertiary/aromatic N) is 1. The van der Waals surface area contributed by atoms with E-state index in [-0.39, 0.29) is 30.7 Å². The molecule has 0 aromatic carbocycles. The monoisotopic (exact) mass is 313 g/mol. The summed E-state index contributed by atoms with van der Waals surface area (Å²) in [6, 6.07) is 0.484. The Morgan fingerprint density at radius 1 is 1.27 bits per heavy atom. The van der Waals surface area contributed by atoms with Crippen molar-refractivity contribution in [3.63, 3.8) is 0 Å². The van der Waals surface area contributed by atoms with Crippen LogP contribution in [0.3, 0.4) is 0 Å². The Hall–Kier alpha value is -1.30. The standard InChI is InChI=1S/C16H31N3O3/c1-5-11(3)7-12(4)17-16(22)18-13-8-14(9-13)19(6-2)10-15(20)21/h11-14H,5-10H2,1-4H3,(H,20,21)(H2,17,18,22). The maximum absolute atomic E-state index is 11.9. The van der Waals surface area contributed by atoms with Crippen molar-refractivity contribution in [3.8, 4) is 0 Å². The molecule has 2 amide bonds. The van der Waals surface area contributed by atoms with Gasteiger partial charge in [0, 0.05) is 18.1 Å². The molecule has 0 aromatic heterocycles. The van der Waals surface area contributed by atoms with Gasteiger partial charge >= 0.3 is 12.0 Å². The van der Waals surface area contributed by atoms with Crippen molar-refractivity contribution in [2.75, 3.05) is 13.1 Å². The summed E-state index contributed by atoms with van der Waals surface area (Å²) in [5.74, 6) is -0.188. The average Bonchev–Trinajstić information content (AvgIpc) is 2.39. The number of likely N-dealkylation sites (N-methyl/N-ethyl adjacent to an activating group) is 1. The minimum atomic E-state index is -0.796. The van der Waals surface area contributed by atoms with Gasteiger partial charge in [-0.25, -0.2) is 4.79 Å². The molecule has 0 heterocycles. The first-order valence-corrected chi connectivity index (χ1v) is 8.38. The SMILES string of the molecule is CCC(C)CC(C)NC(=O)NC1CC(N(CC)CC(=O)O)C1. The van der Waals surface area contributed by atoms with Crippen LogP contribution in [0.5, 0.6) is 0 Å². The number of hydrogen-bond donors (Lipinski definition) is 3. The molecule has 6 nitrogen and oxygen atoms in total. The van der Waals surface area contributed by atoms with Crippen LogP contribution in [-0.4, -0.2) is 53.2 Å². The highest BCUT2D eigenvalue weighted by Crippen LogP contribution is 2.25. The summed E-state index contributed by atoms with van der Waals surface area (Å²) in [5, 5.41) is 14.8. The molecule has 1 rings (SSSR count). The smallest absolute Gasteiger partial charge is 0.317 e. The minimum Gasteiger partial charge on any atom is -0.480 e. The molecule has 1 aliphatic carbocycles. The van der Waals surface area contributed by atoms with E-state index in [1.807, 2.05) is 18.7 Å². The molecule has 0 aliphatic heterocycles. The number of rotatable bonds is 9. The van der Waals surface area contributed by atoms with E-state index in [0.29, 0.717) is 5.92 Å². The molecule has 1 fully saturated rings. The Kier molecular flexibility index (Phi) is 7.65. The summed E-state index contributed by atoms with van der Waals surface area (Å²) >= 11 is 0. The predicted molar refractivity (Wildman–Crippen MR) is 86.9 cm³/mol. The van der Waals surface area contributed by atoms with Gasteiger partial charge in [-0.05, 0) is 38.6 Å². The highest BCUT2D eigenvalue weighted by atomic mass is 16.4. The van der Waals surface area contributed by atoms with Gasteiger partial charge in [-0.2, -0.15) is 0 Å². The Balaban J connectivity index is 2.24. The third kappa shape index (κ3) is 6.22. The summed E-state index contributed by atoms with van der Waals surface area (Å²) in [6.45, 7) is 9.14. The number of aliphatic carboxylic acids is 1. The molecule has 2 atom stereocenters. The first kappa shape index (κ1) is 18.7. The Morgan fingerprint density at radius 2 is 1.91 bits per heavy atom. The number of carbonyl (C=O) groups excluding carboxylic acids is 1. The van der Waals surface area contributed by atoms with Crippen molar-refractivity contribution in [2.24, 2.45) is 5.92 Å². The molecule has 3 N–H and O–H groups in total. The van der Waals surface area contributed by atoms with Gasteiger partial charge in [-0.3, -0.25) is 9.69 Å². The number of nitrogens with one attached hydrogen (secondary N) is 2. The third-order valence-corrected chi connectivity index (χ3v) is 4.54. The van der Waals surface area contributed by atoms with Crippen LogP contribution in [0.1, 0.15) is 53.4 Å². The number of hydrogen-bond acceptors (Lipinski definition) is 3. The van der Waals surface area contributed by atoms with Crippen LogP contribution in [0.4, 0.5) is 4.79 Å². The fourth-order valence-electron chi connectivity index (χ4n) is 2.96. The molecule has 0 saturated heterocycles. The van der Waals surface area contributed by atoms with Gasteiger partial charge in [0.1, 0.15) is 0 Å². The molecule has 6 heteroatoms. The summed E-state index contributed by atoms with van der Waals surface area (Å²) in [4.78, 5) is 24.7. The maximum Gasteiger partial charge on any atom is 0.317 e. The van der Waals surface area contributed by atoms with E-state index in [0.717, 1.165) is 32.2 Å². The van der Waals surface area contributed by atoms with E-state index in [1.165, 1.54) is 0 Å². The van der Waals surface area contributed by atoms with E-state index in [9.17, 15) is 9.59 Å². The van der Waals surface area contributed by atoms with Crippen molar-refractivity contribution in [2.45, 2.75) is 71.5 Å². The molecule has 0 aromatic rings. The lowest BCUT2D eigenvalue weighted by Gasteiger charge is -2.42. The zero-order valence-electron chi connectivity index (χ0n) is 14.3. The van der Waals surface area contributed by atoms with Gasteiger partial charge in [0.05, 0.1) is 6.54 Å². The number of amides is 2. The lowest BCUT2D eigenvalue weighted by molar-refractivity contribution is -0.139. The Bertz CT molecular complexity index is 370. The van der Waals surface area contributed by atoms with E-state index >= 15 is 0 Å². The van der Waals surface area contributed by atoms with Gasteiger partial charge in [0.2, 0.25) is 0 Å². The third-order valence-electron chi connectivity index (χ3n) is 4.54. The molecule has 22 heavy (non-hydrogen) atoms. The molecular formula is C16H31N3O3. The minimum absolute atomic E-state index is 0.0754. The second-order valence-electron chi connectivity index (χ2n) is 6.55. The molecule has 0 radical (unpaired) electrons. The van der Waals surface area contributed by atoms with Crippen LogP contribution >= 0.6 is 0 Å². The summed E-state index contributed by atoms with van der Waals surface area (Å²) in [6.07, 6.45) is 3.76. The normalized spacial score (nSPS) is 23.5. The first-order valence-electron chi connectivity index (χ1n) is 8.38. The zero-order valence-corrected chi connectivity index (χ0v) is 14.3. The Morgan fingerprint density at radius 3 is 2.41 bits per heavy atom. The maximum atomic E-state index is 11.9. The quantitative estimate of drug-likeness (QED) is 0.608. The second-order valence-corrected chi connectivity index (χ2v) is 6.55. The van der Waals surface area contributed by atoms with Crippen molar-refractivity contribution in [1.82, 2.24) is 15.5 Å². The fraction of sp³-hybridized carbons (Fsp3) is 0.875. The number of carboxylic acid groups (broad SMARTS) is 1. The predicted octanol–water partition coefficient (Wildman–Crippen LogP) is 2.05. The largest absolute Gasteiger partial charge is 0.480 e. The molecule has 1 saturated carbocycles. The summed E-state index contributed by atoms with van der Waals surface area (Å²) in [7, 11) is 0. The van der Waals surface area contributed by atoms with E-state index in [2.05, 4.69) is 24.5 Å².